The number of nitrogens with one attached hydrogen (secondary N) is 3. The van der Waals surface area contributed by atoms with Gasteiger partial charge in [-0.15, -0.1) is 0 Å². The minimum Gasteiger partial charge on any atom is -0.480 e. The van der Waals surface area contributed by atoms with Crippen molar-refractivity contribution in [1.82, 2.24) is 20.6 Å². The molecule has 0 fully saturated rings. The molecule has 0 aliphatic rings. The van der Waals surface area contributed by atoms with Crippen molar-refractivity contribution < 1.29 is 24.3 Å². The zero-order valence-electron chi connectivity index (χ0n) is 15.4. The van der Waals surface area contributed by atoms with Crippen molar-refractivity contribution in [3.63, 3.8) is 0 Å². The maximum absolute atomic E-state index is 12.6. The van der Waals surface area contributed by atoms with Crippen molar-refractivity contribution in [2.75, 3.05) is 6.54 Å². The molecule has 1 aromatic heterocycles. The van der Waals surface area contributed by atoms with E-state index in [9.17, 15) is 24.3 Å². The molecule has 3 atom stereocenters. The number of nitrogens with two attached hydrogens (primary N) is 3. The normalized spacial score (nSPS) is 13.9. The van der Waals surface area contributed by atoms with E-state index in [1.54, 1.807) is 0 Å². The van der Waals surface area contributed by atoms with Crippen molar-refractivity contribution in [3.05, 3.63) is 18.2 Å². The van der Waals surface area contributed by atoms with Crippen LogP contribution in [0.3, 0.4) is 0 Å². The molecular weight excluding hydrogens is 370 g/mol. The quantitative estimate of drug-likeness (QED) is 0.174. The van der Waals surface area contributed by atoms with Crippen molar-refractivity contribution in [2.24, 2.45) is 17.2 Å². The first-order chi connectivity index (χ1) is 13.2. The molecule has 0 aliphatic carbocycles. The molecule has 0 saturated heterocycles. The first kappa shape index (κ1) is 23.0. The van der Waals surface area contributed by atoms with E-state index >= 15 is 0 Å². The van der Waals surface area contributed by atoms with Crippen LogP contribution in [0.2, 0.25) is 0 Å². The number of unbranched alkanes of at least 4 members (excludes halogenated alkanes) is 1. The molecule has 0 radical (unpaired) electrons. The number of carboxylic acids is 1. The minimum absolute atomic E-state index is 0.00821. The topological polar surface area (TPSA) is 219 Å². The first-order valence-corrected chi connectivity index (χ1v) is 8.79. The van der Waals surface area contributed by atoms with E-state index in [4.69, 9.17) is 17.2 Å². The number of carbonyl (C=O) groups excluding carboxylic acids is 3. The number of aliphatic carboxylic acids is 1. The number of amides is 3. The predicted octanol–water partition coefficient (Wildman–Crippen LogP) is -2.66. The summed E-state index contributed by atoms with van der Waals surface area (Å²) in [5.74, 6) is -3.40. The van der Waals surface area contributed by atoms with Crippen LogP contribution < -0.4 is 27.8 Å². The summed E-state index contributed by atoms with van der Waals surface area (Å²) in [6.45, 7) is 0.404. The van der Waals surface area contributed by atoms with Gasteiger partial charge in [0.25, 0.3) is 0 Å². The lowest BCUT2D eigenvalue weighted by Crippen LogP contribution is -2.55. The van der Waals surface area contributed by atoms with Crippen molar-refractivity contribution >= 4 is 23.7 Å². The summed E-state index contributed by atoms with van der Waals surface area (Å²) in [7, 11) is 0. The van der Waals surface area contributed by atoms with Gasteiger partial charge in [-0.1, -0.05) is 0 Å². The van der Waals surface area contributed by atoms with Gasteiger partial charge in [0.2, 0.25) is 17.7 Å². The van der Waals surface area contributed by atoms with Crippen LogP contribution in [0.1, 0.15) is 31.4 Å². The molecule has 0 unspecified atom stereocenters. The molecule has 1 aromatic rings. The van der Waals surface area contributed by atoms with E-state index < -0.39 is 41.8 Å². The van der Waals surface area contributed by atoms with Gasteiger partial charge >= 0.3 is 5.97 Å². The van der Waals surface area contributed by atoms with E-state index in [2.05, 4.69) is 20.6 Å². The number of carboxylic acid groups (broad SMARTS) is 1. The summed E-state index contributed by atoms with van der Waals surface area (Å²) in [6.07, 6.45) is 3.83. The number of imidazole rings is 1. The number of hydrogen-bond donors (Lipinski definition) is 7. The molecule has 12 nitrogen and oxygen atoms in total. The summed E-state index contributed by atoms with van der Waals surface area (Å²) < 4.78 is 0. The fourth-order valence-corrected chi connectivity index (χ4v) is 2.44. The fraction of sp³-hybridized carbons (Fsp3) is 0.562. The SMILES string of the molecule is NCCCC[C@H](NC(=O)[C@@H](N)CC(N)=O)C(=O)N[C@@H](Cc1cnc[nH]1)C(=O)O. The van der Waals surface area contributed by atoms with Gasteiger partial charge < -0.3 is 37.9 Å². The summed E-state index contributed by atoms with van der Waals surface area (Å²) in [5.41, 5.74) is 16.6. The third-order valence-electron chi connectivity index (χ3n) is 3.93. The lowest BCUT2D eigenvalue weighted by atomic mass is 10.1. The Labute approximate surface area is 161 Å². The van der Waals surface area contributed by atoms with Crippen LogP contribution >= 0.6 is 0 Å². The number of primary amides is 1. The number of aromatic nitrogens is 2. The van der Waals surface area contributed by atoms with Gasteiger partial charge in [-0.05, 0) is 25.8 Å². The lowest BCUT2D eigenvalue weighted by molar-refractivity contribution is -0.142. The second kappa shape index (κ2) is 11.7. The second-order valence-corrected chi connectivity index (χ2v) is 6.30. The zero-order chi connectivity index (χ0) is 21.1. The summed E-state index contributed by atoms with van der Waals surface area (Å²) in [5, 5.41) is 14.2. The lowest BCUT2D eigenvalue weighted by Gasteiger charge is -2.22. The van der Waals surface area contributed by atoms with Crippen LogP contribution in [0, 0.1) is 0 Å². The molecule has 0 aromatic carbocycles. The van der Waals surface area contributed by atoms with E-state index in [1.165, 1.54) is 12.5 Å². The van der Waals surface area contributed by atoms with Gasteiger partial charge in [-0.2, -0.15) is 0 Å². The fourth-order valence-electron chi connectivity index (χ4n) is 2.44. The molecular formula is C16H27N7O5. The van der Waals surface area contributed by atoms with Gasteiger partial charge in [-0.25, -0.2) is 9.78 Å². The highest BCUT2D eigenvalue weighted by Gasteiger charge is 2.28. The number of H-pyrrole nitrogens is 1. The minimum atomic E-state index is -1.24. The third-order valence-corrected chi connectivity index (χ3v) is 3.93. The predicted molar refractivity (Wildman–Crippen MR) is 98.5 cm³/mol. The highest BCUT2D eigenvalue weighted by atomic mass is 16.4. The molecule has 28 heavy (non-hydrogen) atoms. The zero-order valence-corrected chi connectivity index (χ0v) is 15.4. The molecule has 0 spiro atoms. The number of rotatable bonds is 13. The molecule has 0 aliphatic heterocycles. The Bertz CT molecular complexity index is 664. The number of carbonyl (C=O) groups is 4. The Kier molecular flexibility index (Phi) is 9.60. The number of hydrogen-bond acceptors (Lipinski definition) is 7. The molecule has 12 heteroatoms. The molecule has 3 amide bonds. The third kappa shape index (κ3) is 8.14. The molecule has 156 valence electrons. The van der Waals surface area contributed by atoms with Crippen LogP contribution in [0.15, 0.2) is 12.5 Å². The van der Waals surface area contributed by atoms with Gasteiger partial charge in [0.05, 0.1) is 18.8 Å². The number of nitrogens with zero attached hydrogens (tertiary/aromatic N) is 1. The standard InChI is InChI=1S/C16H27N7O5/c17-4-2-1-3-11(22-14(25)10(18)6-13(19)24)15(26)23-12(16(27)28)5-9-7-20-8-21-9/h7-8,10-12H,1-6,17-18H2,(H2,19,24)(H,20,21)(H,22,25)(H,23,26)(H,27,28)/t10-,11-,12-/m0/s1. The first-order valence-electron chi connectivity index (χ1n) is 8.79. The van der Waals surface area contributed by atoms with Gasteiger partial charge in [0.1, 0.15) is 12.1 Å². The molecule has 10 N–H and O–H groups in total. The van der Waals surface area contributed by atoms with E-state index in [0.717, 1.165) is 0 Å². The maximum atomic E-state index is 12.6. The smallest absolute Gasteiger partial charge is 0.326 e. The Balaban J connectivity index is 2.79. The average molecular weight is 397 g/mol. The maximum Gasteiger partial charge on any atom is 0.326 e. The summed E-state index contributed by atoms with van der Waals surface area (Å²) >= 11 is 0. The van der Waals surface area contributed by atoms with Crippen molar-refractivity contribution in [3.8, 4) is 0 Å². The van der Waals surface area contributed by atoms with Crippen LogP contribution in [0.25, 0.3) is 0 Å². The highest BCUT2D eigenvalue weighted by Crippen LogP contribution is 2.05. The van der Waals surface area contributed by atoms with Crippen LogP contribution in [0.4, 0.5) is 0 Å². The summed E-state index contributed by atoms with van der Waals surface area (Å²) in [4.78, 5) is 53.7. The van der Waals surface area contributed by atoms with Crippen molar-refractivity contribution in [1.29, 1.82) is 0 Å². The molecule has 0 saturated carbocycles. The van der Waals surface area contributed by atoms with E-state index in [1.807, 2.05) is 0 Å². The Morgan fingerprint density at radius 2 is 1.82 bits per heavy atom. The van der Waals surface area contributed by atoms with Crippen LogP contribution in [0.5, 0.6) is 0 Å². The summed E-state index contributed by atoms with van der Waals surface area (Å²) in [6, 6.07) is -3.45. The van der Waals surface area contributed by atoms with Crippen molar-refractivity contribution in [2.45, 2.75) is 50.2 Å². The molecule has 1 heterocycles. The van der Waals surface area contributed by atoms with Crippen LogP contribution in [-0.4, -0.2) is 63.4 Å². The van der Waals surface area contributed by atoms with Gasteiger partial charge in [0.15, 0.2) is 0 Å². The Morgan fingerprint density at radius 3 is 2.36 bits per heavy atom. The number of aromatic amines is 1. The second-order valence-electron chi connectivity index (χ2n) is 6.30. The van der Waals surface area contributed by atoms with Gasteiger partial charge in [-0.3, -0.25) is 14.4 Å². The Hall–Kier alpha value is -2.99. The molecule has 1 rings (SSSR count). The largest absolute Gasteiger partial charge is 0.480 e. The van der Waals surface area contributed by atoms with Gasteiger partial charge in [0, 0.05) is 18.3 Å². The highest BCUT2D eigenvalue weighted by molar-refractivity contribution is 5.93. The van der Waals surface area contributed by atoms with Crippen LogP contribution in [-0.2, 0) is 25.6 Å². The van der Waals surface area contributed by atoms with E-state index in [0.29, 0.717) is 25.1 Å². The Morgan fingerprint density at radius 1 is 1.14 bits per heavy atom. The molecule has 0 bridgehead atoms. The average Bonchev–Trinajstić information content (AvgIpc) is 3.12. The van der Waals surface area contributed by atoms with E-state index in [-0.39, 0.29) is 19.3 Å². The monoisotopic (exact) mass is 397 g/mol.